The fourth-order valence-corrected chi connectivity index (χ4v) is 1.01. The maximum absolute atomic E-state index is 10.7. The van der Waals surface area contributed by atoms with Crippen LogP contribution in [0.25, 0.3) is 0 Å². The zero-order valence-electron chi connectivity index (χ0n) is 4.65. The summed E-state index contributed by atoms with van der Waals surface area (Å²) in [5, 5.41) is 8.97. The molecule has 48 valence electrons. The second-order valence-corrected chi connectivity index (χ2v) is 2.27. The van der Waals surface area contributed by atoms with Crippen molar-refractivity contribution in [1.82, 2.24) is 0 Å². The van der Waals surface area contributed by atoms with Crippen LogP contribution in [0.15, 0.2) is 12.2 Å². The van der Waals surface area contributed by atoms with E-state index in [1.807, 2.05) is 0 Å². The summed E-state index contributed by atoms with van der Waals surface area (Å²) in [6.45, 7) is 0. The van der Waals surface area contributed by atoms with E-state index in [4.69, 9.17) is 9.84 Å². The van der Waals surface area contributed by atoms with Gasteiger partial charge in [-0.2, -0.15) is 0 Å². The molecule has 0 bridgehead atoms. The van der Waals surface area contributed by atoms with Crippen LogP contribution in [-0.2, 0) is 9.53 Å². The molecule has 0 aromatic carbocycles. The Bertz CT molecular complexity index is 183. The van der Waals surface area contributed by atoms with Crippen LogP contribution in [0.3, 0.4) is 0 Å². The molecule has 0 aromatic rings. The summed E-state index contributed by atoms with van der Waals surface area (Å²) < 4.78 is 4.84. The van der Waals surface area contributed by atoms with Crippen LogP contribution < -0.4 is 0 Å². The third kappa shape index (κ3) is 0.620. The minimum atomic E-state index is -0.562. The summed E-state index contributed by atoms with van der Waals surface area (Å²) in [5.41, 5.74) is 0. The van der Waals surface area contributed by atoms with Crippen molar-refractivity contribution in [1.29, 1.82) is 0 Å². The molecule has 1 aliphatic heterocycles. The normalized spacial score (nSPS) is 46.8. The molecule has 1 heterocycles. The molecule has 3 heteroatoms. The summed E-state index contributed by atoms with van der Waals surface area (Å²) in [6.07, 6.45) is 1.72. The molecule has 1 aliphatic carbocycles. The van der Waals surface area contributed by atoms with Crippen molar-refractivity contribution in [3.05, 3.63) is 12.2 Å². The standard InChI is InChI=1S/C6H6O3/c7-3-1-2-4(8)6-5(3)9-6/h1-3,5-7H/t3-,5+,6-/m1/s1. The van der Waals surface area contributed by atoms with Gasteiger partial charge < -0.3 is 9.84 Å². The largest absolute Gasteiger partial charge is 0.386 e. The van der Waals surface area contributed by atoms with E-state index in [1.165, 1.54) is 12.2 Å². The Balaban J connectivity index is 2.25. The molecule has 1 fully saturated rings. The number of ketones is 1. The van der Waals surface area contributed by atoms with Crippen molar-refractivity contribution in [2.45, 2.75) is 18.3 Å². The van der Waals surface area contributed by atoms with Gasteiger partial charge in [0, 0.05) is 0 Å². The first-order valence-corrected chi connectivity index (χ1v) is 2.84. The third-order valence-corrected chi connectivity index (χ3v) is 1.60. The van der Waals surface area contributed by atoms with Gasteiger partial charge in [0.25, 0.3) is 0 Å². The first-order valence-electron chi connectivity index (χ1n) is 2.84. The number of rotatable bonds is 0. The molecule has 2 rings (SSSR count). The fraction of sp³-hybridized carbons (Fsp3) is 0.500. The predicted octanol–water partition coefficient (Wildman–Crippen LogP) is -0.746. The second-order valence-electron chi connectivity index (χ2n) is 2.27. The minimum Gasteiger partial charge on any atom is -0.386 e. The van der Waals surface area contributed by atoms with Crippen LogP contribution in [0.4, 0.5) is 0 Å². The van der Waals surface area contributed by atoms with E-state index >= 15 is 0 Å². The maximum atomic E-state index is 10.7. The van der Waals surface area contributed by atoms with E-state index < -0.39 is 6.10 Å². The number of hydrogen-bond donors (Lipinski definition) is 1. The third-order valence-electron chi connectivity index (χ3n) is 1.60. The molecular formula is C6H6O3. The van der Waals surface area contributed by atoms with Gasteiger partial charge in [0.05, 0.1) is 0 Å². The molecule has 2 aliphatic rings. The molecule has 9 heavy (non-hydrogen) atoms. The first-order chi connectivity index (χ1) is 4.29. The van der Waals surface area contributed by atoms with Crippen LogP contribution in [0.2, 0.25) is 0 Å². The van der Waals surface area contributed by atoms with Crippen molar-refractivity contribution in [3.63, 3.8) is 0 Å². The Morgan fingerprint density at radius 3 is 3.11 bits per heavy atom. The molecular weight excluding hydrogens is 120 g/mol. The number of carbonyl (C=O) groups is 1. The predicted molar refractivity (Wildman–Crippen MR) is 28.8 cm³/mol. The van der Waals surface area contributed by atoms with Gasteiger partial charge in [-0.05, 0) is 12.2 Å². The van der Waals surface area contributed by atoms with Gasteiger partial charge in [-0.1, -0.05) is 0 Å². The Morgan fingerprint density at radius 1 is 1.67 bits per heavy atom. The quantitative estimate of drug-likeness (QED) is 0.434. The van der Waals surface area contributed by atoms with Gasteiger partial charge in [-0.15, -0.1) is 0 Å². The lowest BCUT2D eigenvalue weighted by Gasteiger charge is -2.02. The minimum absolute atomic E-state index is 0.0229. The summed E-state index contributed by atoms with van der Waals surface area (Å²) in [5.74, 6) is -0.0229. The molecule has 0 spiro atoms. The Kier molecular flexibility index (Phi) is 0.817. The van der Waals surface area contributed by atoms with Crippen LogP contribution in [0.1, 0.15) is 0 Å². The molecule has 1 saturated heterocycles. The summed E-state index contributed by atoms with van der Waals surface area (Å²) >= 11 is 0. The summed E-state index contributed by atoms with van der Waals surface area (Å²) in [7, 11) is 0. The van der Waals surface area contributed by atoms with E-state index in [9.17, 15) is 4.79 Å². The van der Waals surface area contributed by atoms with Gasteiger partial charge >= 0.3 is 0 Å². The first kappa shape index (κ1) is 5.14. The van der Waals surface area contributed by atoms with Gasteiger partial charge in [0.1, 0.15) is 18.3 Å². The van der Waals surface area contributed by atoms with Crippen LogP contribution in [0.5, 0.6) is 0 Å². The smallest absolute Gasteiger partial charge is 0.186 e. The van der Waals surface area contributed by atoms with E-state index in [-0.39, 0.29) is 18.0 Å². The SMILES string of the molecule is O=C1C=C[C@@H](O)[C@@H]2O[C@H]12. The zero-order valence-corrected chi connectivity index (χ0v) is 4.65. The van der Waals surface area contributed by atoms with Crippen molar-refractivity contribution < 1.29 is 14.6 Å². The van der Waals surface area contributed by atoms with Crippen LogP contribution in [0, 0.1) is 0 Å². The highest BCUT2D eigenvalue weighted by molar-refractivity contribution is 5.97. The number of aliphatic hydroxyl groups excluding tert-OH is 1. The van der Waals surface area contributed by atoms with Gasteiger partial charge in [-0.25, -0.2) is 0 Å². The zero-order chi connectivity index (χ0) is 6.43. The topological polar surface area (TPSA) is 49.8 Å². The number of fused-ring (bicyclic) bond motifs is 1. The lowest BCUT2D eigenvalue weighted by molar-refractivity contribution is -0.115. The second kappa shape index (κ2) is 1.43. The highest BCUT2D eigenvalue weighted by Gasteiger charge is 2.49. The van der Waals surface area contributed by atoms with Crippen molar-refractivity contribution in [2.24, 2.45) is 0 Å². The Labute approximate surface area is 51.9 Å². The lowest BCUT2D eigenvalue weighted by atomic mass is 10.0. The van der Waals surface area contributed by atoms with Crippen molar-refractivity contribution in [3.8, 4) is 0 Å². The lowest BCUT2D eigenvalue weighted by Crippen LogP contribution is -2.22. The molecule has 0 saturated carbocycles. The van der Waals surface area contributed by atoms with Gasteiger partial charge in [-0.3, -0.25) is 4.79 Å². The summed E-state index contributed by atoms with van der Waals surface area (Å²) in [6, 6.07) is 0. The highest BCUT2D eigenvalue weighted by atomic mass is 16.6. The van der Waals surface area contributed by atoms with E-state index in [2.05, 4.69) is 0 Å². The molecule has 0 radical (unpaired) electrons. The number of ether oxygens (including phenoxy) is 1. The van der Waals surface area contributed by atoms with Crippen LogP contribution in [-0.4, -0.2) is 29.2 Å². The molecule has 0 unspecified atom stereocenters. The Morgan fingerprint density at radius 2 is 2.44 bits per heavy atom. The van der Waals surface area contributed by atoms with Crippen molar-refractivity contribution in [2.75, 3.05) is 0 Å². The van der Waals surface area contributed by atoms with Gasteiger partial charge in [0.2, 0.25) is 0 Å². The van der Waals surface area contributed by atoms with E-state index in [0.29, 0.717) is 0 Å². The Hall–Kier alpha value is -0.670. The fourth-order valence-electron chi connectivity index (χ4n) is 1.01. The summed E-state index contributed by atoms with van der Waals surface area (Å²) in [4.78, 5) is 10.7. The molecule has 1 N–H and O–H groups in total. The van der Waals surface area contributed by atoms with Gasteiger partial charge in [0.15, 0.2) is 5.78 Å². The average molecular weight is 126 g/mol. The average Bonchev–Trinajstić information content (AvgIpc) is 2.57. The molecule has 3 nitrogen and oxygen atoms in total. The van der Waals surface area contributed by atoms with Crippen LogP contribution >= 0.6 is 0 Å². The maximum Gasteiger partial charge on any atom is 0.186 e. The number of epoxide rings is 1. The number of aliphatic hydroxyl groups is 1. The number of hydrogen-bond acceptors (Lipinski definition) is 3. The van der Waals surface area contributed by atoms with E-state index in [0.717, 1.165) is 0 Å². The molecule has 0 aromatic heterocycles. The monoisotopic (exact) mass is 126 g/mol. The highest BCUT2D eigenvalue weighted by Crippen LogP contribution is 2.30. The number of carbonyl (C=O) groups excluding carboxylic acids is 1. The molecule has 3 atom stereocenters. The molecule has 0 amide bonds. The van der Waals surface area contributed by atoms with Crippen molar-refractivity contribution >= 4 is 5.78 Å². The van der Waals surface area contributed by atoms with E-state index in [1.54, 1.807) is 0 Å².